The Balaban J connectivity index is 1.49. The first-order valence-electron chi connectivity index (χ1n) is 11.0. The van der Waals surface area contributed by atoms with Crippen molar-refractivity contribution in [2.75, 3.05) is 42.9 Å². The molecule has 4 nitrogen and oxygen atoms in total. The van der Waals surface area contributed by atoms with Crippen LogP contribution in [0.4, 0.5) is 24.5 Å². The molecule has 0 radical (unpaired) electrons. The first kappa shape index (κ1) is 22.9. The lowest BCUT2D eigenvalue weighted by Crippen LogP contribution is -2.44. The van der Waals surface area contributed by atoms with E-state index in [0.717, 1.165) is 38.1 Å². The molecule has 0 spiro atoms. The van der Waals surface area contributed by atoms with Crippen LogP contribution in [0, 0.1) is 0 Å². The first-order chi connectivity index (χ1) is 15.3. The second-order valence-corrected chi connectivity index (χ2v) is 8.95. The van der Waals surface area contributed by atoms with E-state index in [-0.39, 0.29) is 12.1 Å². The predicted molar refractivity (Wildman–Crippen MR) is 122 cm³/mol. The molecule has 2 aromatic carbocycles. The van der Waals surface area contributed by atoms with Crippen molar-refractivity contribution >= 4 is 28.8 Å². The number of benzene rings is 2. The molecule has 0 saturated carbocycles. The molecular weight excluding hydrogens is 439 g/mol. The van der Waals surface area contributed by atoms with Gasteiger partial charge in [0.1, 0.15) is 0 Å². The molecule has 0 aromatic heterocycles. The Morgan fingerprint density at radius 1 is 1.03 bits per heavy atom. The van der Waals surface area contributed by atoms with Gasteiger partial charge in [-0.15, -0.1) is 0 Å². The lowest BCUT2D eigenvalue weighted by atomic mass is 10.00. The lowest BCUT2D eigenvalue weighted by molar-refractivity contribution is -0.137. The third kappa shape index (κ3) is 5.56. The predicted octanol–water partition coefficient (Wildman–Crippen LogP) is 5.72. The topological polar surface area (TPSA) is 35.6 Å². The van der Waals surface area contributed by atoms with Gasteiger partial charge in [-0.3, -0.25) is 4.79 Å². The standard InChI is InChI=1S/C24H27ClF3N3O/c25-19-4-3-5-20(15-19)29-16-23(32)17-12-18(24(26,27)28)14-22(13-17)31-10-6-21(7-11-31)30-8-1-2-9-30/h3-5,12-15,21,29H,1-2,6-11,16H2. The number of halogens is 4. The van der Waals surface area contributed by atoms with Crippen molar-refractivity contribution in [2.24, 2.45) is 0 Å². The van der Waals surface area contributed by atoms with E-state index in [1.165, 1.54) is 12.8 Å². The van der Waals surface area contributed by atoms with E-state index in [9.17, 15) is 18.0 Å². The largest absolute Gasteiger partial charge is 0.416 e. The molecule has 0 amide bonds. The zero-order chi connectivity index (χ0) is 22.7. The highest BCUT2D eigenvalue weighted by molar-refractivity contribution is 6.30. The molecule has 8 heteroatoms. The van der Waals surface area contributed by atoms with E-state index in [4.69, 9.17) is 11.6 Å². The minimum absolute atomic E-state index is 0.0611. The van der Waals surface area contributed by atoms with Crippen molar-refractivity contribution < 1.29 is 18.0 Å². The van der Waals surface area contributed by atoms with Crippen molar-refractivity contribution in [3.8, 4) is 0 Å². The van der Waals surface area contributed by atoms with Crippen LogP contribution in [0.1, 0.15) is 41.6 Å². The van der Waals surface area contributed by atoms with Crippen LogP contribution in [-0.2, 0) is 6.18 Å². The fourth-order valence-electron chi connectivity index (χ4n) is 4.60. The molecule has 2 fully saturated rings. The summed E-state index contributed by atoms with van der Waals surface area (Å²) < 4.78 is 40.7. The fourth-order valence-corrected chi connectivity index (χ4v) is 4.79. The number of hydrogen-bond acceptors (Lipinski definition) is 4. The average Bonchev–Trinajstić information content (AvgIpc) is 3.32. The van der Waals surface area contributed by atoms with Crippen LogP contribution >= 0.6 is 11.6 Å². The van der Waals surface area contributed by atoms with Crippen molar-refractivity contribution in [1.29, 1.82) is 0 Å². The number of carbonyl (C=O) groups excluding carboxylic acids is 1. The van der Waals surface area contributed by atoms with Gasteiger partial charge in [-0.05, 0) is 75.2 Å². The van der Waals surface area contributed by atoms with E-state index < -0.39 is 17.5 Å². The summed E-state index contributed by atoms with van der Waals surface area (Å²) in [6.07, 6.45) is -0.212. The van der Waals surface area contributed by atoms with E-state index >= 15 is 0 Å². The normalized spacial score (nSPS) is 18.2. The maximum absolute atomic E-state index is 13.6. The van der Waals surface area contributed by atoms with Gasteiger partial charge in [0, 0.05) is 41.1 Å². The molecular formula is C24H27ClF3N3O. The first-order valence-corrected chi connectivity index (χ1v) is 11.4. The molecule has 0 unspecified atom stereocenters. The van der Waals surface area contributed by atoms with Gasteiger partial charge in [0.05, 0.1) is 12.1 Å². The average molecular weight is 466 g/mol. The van der Waals surface area contributed by atoms with Gasteiger partial charge in [0.25, 0.3) is 0 Å². The lowest BCUT2D eigenvalue weighted by Gasteiger charge is -2.38. The highest BCUT2D eigenvalue weighted by Crippen LogP contribution is 2.34. The molecule has 2 saturated heterocycles. The van der Waals surface area contributed by atoms with Gasteiger partial charge in [-0.1, -0.05) is 17.7 Å². The van der Waals surface area contributed by atoms with Crippen LogP contribution in [0.15, 0.2) is 42.5 Å². The number of nitrogens with one attached hydrogen (secondary N) is 1. The minimum Gasteiger partial charge on any atom is -0.378 e. The van der Waals surface area contributed by atoms with Crippen molar-refractivity contribution in [2.45, 2.75) is 37.9 Å². The summed E-state index contributed by atoms with van der Waals surface area (Å²) in [5.41, 5.74) is 0.377. The molecule has 172 valence electrons. The molecule has 4 rings (SSSR count). The van der Waals surface area contributed by atoms with Crippen molar-refractivity contribution in [3.05, 3.63) is 58.6 Å². The number of rotatable bonds is 6. The number of ketones is 1. The second kappa shape index (κ2) is 9.71. The zero-order valence-electron chi connectivity index (χ0n) is 17.8. The molecule has 2 heterocycles. The monoisotopic (exact) mass is 465 g/mol. The summed E-state index contributed by atoms with van der Waals surface area (Å²) in [6.45, 7) is 3.50. The maximum atomic E-state index is 13.6. The smallest absolute Gasteiger partial charge is 0.378 e. The number of anilines is 2. The fraction of sp³-hybridized carbons (Fsp3) is 0.458. The Hall–Kier alpha value is -2.25. The van der Waals surface area contributed by atoms with E-state index in [0.29, 0.717) is 35.5 Å². The van der Waals surface area contributed by atoms with Gasteiger partial charge in [0.2, 0.25) is 0 Å². The molecule has 0 atom stereocenters. The number of Topliss-reactive ketones (excluding diaryl/α,β-unsaturated/α-hetero) is 1. The summed E-state index contributed by atoms with van der Waals surface area (Å²) in [5.74, 6) is -0.399. The third-order valence-corrected chi connectivity index (χ3v) is 6.57. The van der Waals surface area contributed by atoms with Gasteiger partial charge in [0.15, 0.2) is 5.78 Å². The van der Waals surface area contributed by atoms with Gasteiger partial charge in [-0.25, -0.2) is 0 Å². The molecule has 0 aliphatic carbocycles. The van der Waals surface area contributed by atoms with Crippen LogP contribution in [-0.4, -0.2) is 49.4 Å². The number of carbonyl (C=O) groups is 1. The van der Waals surface area contributed by atoms with Gasteiger partial charge in [-0.2, -0.15) is 13.2 Å². The third-order valence-electron chi connectivity index (χ3n) is 6.33. The second-order valence-electron chi connectivity index (χ2n) is 8.51. The Kier molecular flexibility index (Phi) is 6.96. The number of likely N-dealkylation sites (tertiary alicyclic amines) is 1. The zero-order valence-corrected chi connectivity index (χ0v) is 18.6. The quantitative estimate of drug-likeness (QED) is 0.553. The number of piperidine rings is 1. The Bertz CT molecular complexity index is 952. The van der Waals surface area contributed by atoms with Crippen LogP contribution in [0.3, 0.4) is 0 Å². The molecule has 1 N–H and O–H groups in total. The van der Waals surface area contributed by atoms with Crippen LogP contribution < -0.4 is 10.2 Å². The van der Waals surface area contributed by atoms with E-state index in [2.05, 4.69) is 10.2 Å². The van der Waals surface area contributed by atoms with Crippen LogP contribution in [0.2, 0.25) is 5.02 Å². The van der Waals surface area contributed by atoms with Gasteiger partial charge < -0.3 is 15.1 Å². The number of alkyl halides is 3. The summed E-state index contributed by atoms with van der Waals surface area (Å²) in [5, 5.41) is 3.46. The van der Waals surface area contributed by atoms with Crippen molar-refractivity contribution in [3.63, 3.8) is 0 Å². The highest BCUT2D eigenvalue weighted by atomic mass is 35.5. The minimum atomic E-state index is -4.51. The summed E-state index contributed by atoms with van der Waals surface area (Å²) >= 11 is 5.95. The Morgan fingerprint density at radius 3 is 2.41 bits per heavy atom. The molecule has 2 aromatic rings. The Labute approximate surface area is 191 Å². The van der Waals surface area contributed by atoms with Crippen LogP contribution in [0.25, 0.3) is 0 Å². The molecule has 2 aliphatic rings. The molecule has 32 heavy (non-hydrogen) atoms. The summed E-state index contributed by atoms with van der Waals surface area (Å²) in [4.78, 5) is 17.2. The molecule has 2 aliphatic heterocycles. The van der Waals surface area contributed by atoms with Crippen molar-refractivity contribution in [1.82, 2.24) is 4.90 Å². The highest BCUT2D eigenvalue weighted by Gasteiger charge is 2.33. The molecule has 0 bridgehead atoms. The SMILES string of the molecule is O=C(CNc1cccc(Cl)c1)c1cc(N2CCC(N3CCCC3)CC2)cc(C(F)(F)F)c1. The van der Waals surface area contributed by atoms with Gasteiger partial charge >= 0.3 is 6.18 Å². The maximum Gasteiger partial charge on any atom is 0.416 e. The number of nitrogens with zero attached hydrogens (tertiary/aromatic N) is 2. The summed E-state index contributed by atoms with van der Waals surface area (Å²) in [6, 6.07) is 11.1. The van der Waals surface area contributed by atoms with E-state index in [1.807, 2.05) is 4.90 Å². The summed E-state index contributed by atoms with van der Waals surface area (Å²) in [7, 11) is 0. The number of hydrogen-bond donors (Lipinski definition) is 1. The van der Waals surface area contributed by atoms with Crippen LogP contribution in [0.5, 0.6) is 0 Å². The Morgan fingerprint density at radius 2 is 1.75 bits per heavy atom. The van der Waals surface area contributed by atoms with E-state index in [1.54, 1.807) is 30.3 Å².